The predicted octanol–water partition coefficient (Wildman–Crippen LogP) is 5.24. The van der Waals surface area contributed by atoms with Crippen molar-refractivity contribution in [1.29, 1.82) is 0 Å². The molecule has 1 aromatic rings. The van der Waals surface area contributed by atoms with Crippen molar-refractivity contribution < 1.29 is 19.4 Å². The van der Waals surface area contributed by atoms with Crippen LogP contribution in [-0.4, -0.2) is 41.8 Å². The molecule has 142 valence electrons. The highest BCUT2D eigenvalue weighted by Gasteiger charge is 2.21. The van der Waals surface area contributed by atoms with E-state index in [1.54, 1.807) is 6.92 Å². The van der Waals surface area contributed by atoms with Gasteiger partial charge in [0.1, 0.15) is 0 Å². The number of carbonyl (C=O) groups excluding carboxylic acids is 1. The molecule has 1 atom stereocenters. The average Bonchev–Trinajstić information content (AvgIpc) is 2.58. The largest absolute Gasteiger partial charge is 0.506 e. The Morgan fingerprint density at radius 2 is 1.56 bits per heavy atom. The Bertz CT molecular complexity index is 518. The van der Waals surface area contributed by atoms with Crippen LogP contribution in [0, 0.1) is 13.8 Å². The first-order valence-corrected chi connectivity index (χ1v) is 10.7. The third kappa shape index (κ3) is 8.87. The second kappa shape index (κ2) is 12.7. The van der Waals surface area contributed by atoms with Gasteiger partial charge in [-0.15, -0.1) is 7.92 Å². The molecule has 0 aliphatic rings. The first-order valence-electron chi connectivity index (χ1n) is 8.79. The predicted molar refractivity (Wildman–Crippen MR) is 106 cm³/mol. The van der Waals surface area contributed by atoms with Crippen LogP contribution < -0.4 is 5.32 Å². The lowest BCUT2D eigenvalue weighted by atomic mass is 10.1. The van der Waals surface area contributed by atoms with Gasteiger partial charge in [-0.05, 0) is 49.9 Å². The van der Waals surface area contributed by atoms with E-state index < -0.39 is 18.2 Å². The molecule has 1 aromatic carbocycles. The number of nitrogens with one attached hydrogen (secondary N) is 1. The molecular formula is C19H32NO4P. The van der Waals surface area contributed by atoms with E-state index in [-0.39, 0.29) is 0 Å². The maximum atomic E-state index is 11.9. The Morgan fingerprint density at radius 3 is 1.88 bits per heavy atom. The lowest BCUT2D eigenvalue weighted by Crippen LogP contribution is -2.32. The fraction of sp³-hybridized carbons (Fsp3) is 0.579. The quantitative estimate of drug-likeness (QED) is 0.509. The molecule has 0 aliphatic heterocycles. The number of hydrogen-bond donors (Lipinski definition) is 2. The first kappa shape index (κ1) is 23.4. The molecule has 0 aliphatic carbocycles. The molecule has 1 amide bonds. The van der Waals surface area contributed by atoms with Crippen LogP contribution in [0.5, 0.6) is 0 Å². The Balaban J connectivity index is 0.000000697. The van der Waals surface area contributed by atoms with Crippen LogP contribution in [-0.2, 0) is 9.53 Å². The van der Waals surface area contributed by atoms with E-state index >= 15 is 0 Å². The summed E-state index contributed by atoms with van der Waals surface area (Å²) in [6, 6.07) is 5.65. The lowest BCUT2D eigenvalue weighted by molar-refractivity contribution is -0.125. The van der Waals surface area contributed by atoms with Gasteiger partial charge in [0, 0.05) is 5.69 Å². The number of hydrogen-bond acceptors (Lipinski definition) is 3. The number of para-hydroxylation sites is 1. The zero-order valence-electron chi connectivity index (χ0n) is 16.3. The molecule has 0 saturated heterocycles. The number of ether oxygens (including phenoxy) is 1. The summed E-state index contributed by atoms with van der Waals surface area (Å²) in [6.45, 7) is 12.3. The van der Waals surface area contributed by atoms with Crippen molar-refractivity contribution in [3.05, 3.63) is 29.3 Å². The molecular weight excluding hydrogens is 337 g/mol. The summed E-state index contributed by atoms with van der Waals surface area (Å²) in [4.78, 5) is 22.3. The van der Waals surface area contributed by atoms with Gasteiger partial charge in [-0.3, -0.25) is 4.79 Å². The van der Waals surface area contributed by atoms with Gasteiger partial charge in [0.05, 0.1) is 0 Å². The highest BCUT2D eigenvalue weighted by atomic mass is 31.1. The Hall–Kier alpha value is -1.61. The Morgan fingerprint density at radius 1 is 1.08 bits per heavy atom. The molecule has 0 bridgehead atoms. The van der Waals surface area contributed by atoms with E-state index in [4.69, 9.17) is 5.11 Å². The molecule has 0 saturated carbocycles. The number of aryl methyl sites for hydroxylation is 2. The molecule has 2 N–H and O–H groups in total. The molecule has 6 heteroatoms. The fourth-order valence-electron chi connectivity index (χ4n) is 2.33. The van der Waals surface area contributed by atoms with E-state index in [0.717, 1.165) is 11.1 Å². The zero-order chi connectivity index (χ0) is 19.4. The van der Waals surface area contributed by atoms with Gasteiger partial charge in [-0.25, -0.2) is 4.79 Å². The minimum Gasteiger partial charge on any atom is -0.450 e. The molecule has 5 nitrogen and oxygen atoms in total. The van der Waals surface area contributed by atoms with Crippen LogP contribution in [0.1, 0.15) is 45.2 Å². The van der Waals surface area contributed by atoms with Gasteiger partial charge in [0.25, 0.3) is 5.91 Å². The number of rotatable bonds is 7. The van der Waals surface area contributed by atoms with Crippen LogP contribution in [0.4, 0.5) is 10.5 Å². The topological polar surface area (TPSA) is 75.6 Å². The highest BCUT2D eigenvalue weighted by Crippen LogP contribution is 2.32. The van der Waals surface area contributed by atoms with E-state index in [1.165, 1.54) is 18.5 Å². The molecule has 0 radical (unpaired) electrons. The normalized spacial score (nSPS) is 11.3. The molecule has 0 spiro atoms. The summed E-state index contributed by atoms with van der Waals surface area (Å²) in [5.74, 6) is -0.447. The van der Waals surface area contributed by atoms with Gasteiger partial charge in [-0.1, -0.05) is 45.9 Å². The SMILES string of the molecule is CCC(OC(=O)O)C(=O)Nc1c(C)cccc1C.CCP(CC)CC. The summed E-state index contributed by atoms with van der Waals surface area (Å²) < 4.78 is 4.52. The van der Waals surface area contributed by atoms with Gasteiger partial charge in [0.15, 0.2) is 6.10 Å². The summed E-state index contributed by atoms with van der Waals surface area (Å²) >= 11 is 0. The second-order valence-electron chi connectivity index (χ2n) is 5.66. The molecule has 0 aromatic heterocycles. The molecule has 0 heterocycles. The molecule has 1 unspecified atom stereocenters. The Labute approximate surface area is 152 Å². The minimum atomic E-state index is -1.45. The van der Waals surface area contributed by atoms with Crippen LogP contribution in [0.15, 0.2) is 18.2 Å². The van der Waals surface area contributed by atoms with E-state index in [9.17, 15) is 9.59 Å². The maximum Gasteiger partial charge on any atom is 0.506 e. The summed E-state index contributed by atoms with van der Waals surface area (Å²) in [5, 5.41) is 11.2. The van der Waals surface area contributed by atoms with Gasteiger partial charge in [-0.2, -0.15) is 0 Å². The van der Waals surface area contributed by atoms with E-state index in [1.807, 2.05) is 32.0 Å². The third-order valence-electron chi connectivity index (χ3n) is 3.98. The summed E-state index contributed by atoms with van der Waals surface area (Å²) in [7, 11) is 0.446. The molecule has 0 fully saturated rings. The number of benzene rings is 1. The minimum absolute atomic E-state index is 0.295. The average molecular weight is 369 g/mol. The fourth-order valence-corrected chi connectivity index (χ4v) is 3.67. The van der Waals surface area contributed by atoms with Gasteiger partial charge < -0.3 is 15.2 Å². The number of anilines is 1. The summed E-state index contributed by atoms with van der Waals surface area (Å²) in [5.41, 5.74) is 2.55. The first-order chi connectivity index (χ1) is 11.8. The number of carbonyl (C=O) groups is 2. The van der Waals surface area contributed by atoms with Crippen LogP contribution in [0.25, 0.3) is 0 Å². The van der Waals surface area contributed by atoms with Crippen molar-refractivity contribution in [3.63, 3.8) is 0 Å². The van der Waals surface area contributed by atoms with Crippen molar-refractivity contribution in [2.75, 3.05) is 23.8 Å². The van der Waals surface area contributed by atoms with Crippen molar-refractivity contribution in [3.8, 4) is 0 Å². The van der Waals surface area contributed by atoms with Crippen LogP contribution >= 0.6 is 7.92 Å². The number of carboxylic acid groups (broad SMARTS) is 1. The second-order valence-corrected chi connectivity index (χ2v) is 8.90. The van der Waals surface area contributed by atoms with E-state index in [0.29, 0.717) is 20.0 Å². The number of amides is 1. The highest BCUT2D eigenvalue weighted by molar-refractivity contribution is 7.57. The monoisotopic (exact) mass is 369 g/mol. The molecule has 1 rings (SSSR count). The smallest absolute Gasteiger partial charge is 0.450 e. The lowest BCUT2D eigenvalue weighted by Gasteiger charge is -2.16. The standard InChI is InChI=1S/C13H17NO4.C6H15P/c1-4-10(18-13(16)17)12(15)14-11-8(2)6-5-7-9(11)3;1-4-7(5-2)6-3/h5-7,10H,4H2,1-3H3,(H,14,15)(H,16,17);4-6H2,1-3H3. The molecule has 25 heavy (non-hydrogen) atoms. The van der Waals surface area contributed by atoms with Crippen molar-refractivity contribution in [2.24, 2.45) is 0 Å². The van der Waals surface area contributed by atoms with E-state index in [2.05, 4.69) is 30.8 Å². The Kier molecular flexibility index (Phi) is 11.9. The van der Waals surface area contributed by atoms with Crippen molar-refractivity contribution in [2.45, 2.75) is 54.1 Å². The van der Waals surface area contributed by atoms with Crippen LogP contribution in [0.2, 0.25) is 0 Å². The zero-order valence-corrected chi connectivity index (χ0v) is 17.2. The van der Waals surface area contributed by atoms with Crippen LogP contribution in [0.3, 0.4) is 0 Å². The van der Waals surface area contributed by atoms with Gasteiger partial charge in [0.2, 0.25) is 0 Å². The van der Waals surface area contributed by atoms with Crippen molar-refractivity contribution >= 4 is 25.7 Å². The van der Waals surface area contributed by atoms with Crippen molar-refractivity contribution in [1.82, 2.24) is 0 Å². The maximum absolute atomic E-state index is 11.9. The summed E-state index contributed by atoms with van der Waals surface area (Å²) in [6.07, 6.45) is 2.12. The van der Waals surface area contributed by atoms with Gasteiger partial charge >= 0.3 is 6.16 Å². The third-order valence-corrected chi connectivity index (χ3v) is 6.66.